The number of nitrogens with one attached hydrogen (secondary N) is 2. The molecule has 28 heavy (non-hydrogen) atoms. The lowest BCUT2D eigenvalue weighted by atomic mass is 9.73. The Bertz CT molecular complexity index is 802. The van der Waals surface area contributed by atoms with Crippen molar-refractivity contribution in [3.05, 3.63) is 40.3 Å². The van der Waals surface area contributed by atoms with Gasteiger partial charge in [0.2, 0.25) is 0 Å². The molecule has 2 aromatic rings. The molecule has 2 fully saturated rings. The van der Waals surface area contributed by atoms with Gasteiger partial charge < -0.3 is 15.5 Å². The molecule has 2 aliphatic heterocycles. The number of nitrogens with zero attached hydrogens (tertiary/aromatic N) is 2. The zero-order chi connectivity index (χ0) is 19.4. The second-order valence-corrected chi connectivity index (χ2v) is 9.06. The molecule has 0 saturated carbocycles. The van der Waals surface area contributed by atoms with Crippen LogP contribution in [0, 0.1) is 5.41 Å². The van der Waals surface area contributed by atoms with Crippen LogP contribution in [0.5, 0.6) is 0 Å². The van der Waals surface area contributed by atoms with Crippen LogP contribution >= 0.6 is 11.3 Å². The Morgan fingerprint density at radius 2 is 2.11 bits per heavy atom. The molecule has 0 unspecified atom stereocenters. The number of piperidine rings is 2. The van der Waals surface area contributed by atoms with Gasteiger partial charge >= 0.3 is 0 Å². The summed E-state index contributed by atoms with van der Waals surface area (Å²) in [4.78, 5) is 19.6. The van der Waals surface area contributed by atoms with Gasteiger partial charge in [-0.25, -0.2) is 4.98 Å². The lowest BCUT2D eigenvalue weighted by molar-refractivity contribution is 0.102. The monoisotopic (exact) mass is 398 g/mol. The average Bonchev–Trinajstić information content (AvgIpc) is 3.19. The molecule has 0 aliphatic carbocycles. The zero-order valence-electron chi connectivity index (χ0n) is 16.7. The number of anilines is 2. The second-order valence-electron chi connectivity index (χ2n) is 8.12. The molecule has 0 radical (unpaired) electrons. The Morgan fingerprint density at radius 3 is 2.86 bits per heavy atom. The van der Waals surface area contributed by atoms with Crippen molar-refractivity contribution in [3.63, 3.8) is 0 Å². The van der Waals surface area contributed by atoms with Crippen molar-refractivity contribution in [1.82, 2.24) is 10.3 Å². The van der Waals surface area contributed by atoms with E-state index >= 15 is 0 Å². The van der Waals surface area contributed by atoms with Crippen molar-refractivity contribution in [2.24, 2.45) is 5.41 Å². The first-order valence-electron chi connectivity index (χ1n) is 10.5. The zero-order valence-corrected chi connectivity index (χ0v) is 17.5. The summed E-state index contributed by atoms with van der Waals surface area (Å²) in [5.41, 5.74) is 3.01. The predicted octanol–water partition coefficient (Wildman–Crippen LogP) is 4.32. The Labute approximate surface area is 171 Å². The van der Waals surface area contributed by atoms with Gasteiger partial charge in [0.05, 0.1) is 16.4 Å². The van der Waals surface area contributed by atoms with Gasteiger partial charge in [-0.2, -0.15) is 0 Å². The van der Waals surface area contributed by atoms with E-state index in [1.165, 1.54) is 25.7 Å². The van der Waals surface area contributed by atoms with E-state index in [2.05, 4.69) is 39.6 Å². The van der Waals surface area contributed by atoms with Crippen molar-refractivity contribution in [2.45, 2.75) is 45.4 Å². The number of thiazole rings is 1. The molecular formula is C22H30N4OS. The summed E-state index contributed by atoms with van der Waals surface area (Å²) in [5.74, 6) is -0.115. The average molecular weight is 399 g/mol. The summed E-state index contributed by atoms with van der Waals surface area (Å²) in [6.07, 6.45) is 7.04. The van der Waals surface area contributed by atoms with Crippen LogP contribution in [-0.2, 0) is 6.42 Å². The lowest BCUT2D eigenvalue weighted by Crippen LogP contribution is -2.48. The van der Waals surface area contributed by atoms with Crippen LogP contribution in [0.2, 0.25) is 0 Å². The third-order valence-electron chi connectivity index (χ3n) is 6.13. The van der Waals surface area contributed by atoms with E-state index < -0.39 is 0 Å². The molecule has 1 aromatic heterocycles. The summed E-state index contributed by atoms with van der Waals surface area (Å²) >= 11 is 1.57. The largest absolute Gasteiger partial charge is 0.370 e. The Morgan fingerprint density at radius 1 is 1.29 bits per heavy atom. The normalized spacial score (nSPS) is 19.0. The highest BCUT2D eigenvalue weighted by Crippen LogP contribution is 2.39. The minimum absolute atomic E-state index is 0.115. The van der Waals surface area contributed by atoms with E-state index in [1.54, 1.807) is 11.3 Å². The summed E-state index contributed by atoms with van der Waals surface area (Å²) in [7, 11) is 0. The van der Waals surface area contributed by atoms with Crippen molar-refractivity contribution in [1.29, 1.82) is 0 Å². The quantitative estimate of drug-likeness (QED) is 0.788. The Kier molecular flexibility index (Phi) is 5.97. The van der Waals surface area contributed by atoms with Gasteiger partial charge in [0.15, 0.2) is 0 Å². The molecule has 3 heterocycles. The minimum atomic E-state index is -0.115. The molecule has 1 amide bonds. The van der Waals surface area contributed by atoms with Gasteiger partial charge in [-0.15, -0.1) is 11.3 Å². The number of rotatable bonds is 5. The van der Waals surface area contributed by atoms with Gasteiger partial charge in [0.25, 0.3) is 5.91 Å². The number of para-hydroxylation sites is 2. The number of benzene rings is 1. The topological polar surface area (TPSA) is 57.3 Å². The number of aromatic nitrogens is 1. The van der Waals surface area contributed by atoms with Gasteiger partial charge in [-0.3, -0.25) is 4.79 Å². The van der Waals surface area contributed by atoms with Gasteiger partial charge in [0, 0.05) is 25.0 Å². The van der Waals surface area contributed by atoms with Crippen molar-refractivity contribution >= 4 is 28.6 Å². The van der Waals surface area contributed by atoms with Crippen molar-refractivity contribution in [2.75, 3.05) is 36.4 Å². The maximum atomic E-state index is 12.7. The molecule has 2 saturated heterocycles. The maximum absolute atomic E-state index is 12.7. The standard InChI is InChI=1S/C22H30N4OS/c1-2-6-20-24-18(15-28-20)21(27)25-17-7-3-4-8-19(17)26-13-10-22(11-14-26)9-5-12-23-16-22/h3-4,7-8,15,23H,2,5-6,9-14,16H2,1H3,(H,25,27). The van der Waals surface area contributed by atoms with Crippen LogP contribution in [0.4, 0.5) is 11.4 Å². The van der Waals surface area contributed by atoms with Crippen LogP contribution in [-0.4, -0.2) is 37.1 Å². The lowest BCUT2D eigenvalue weighted by Gasteiger charge is -2.45. The number of hydrogen-bond acceptors (Lipinski definition) is 5. The number of carbonyl (C=O) groups is 1. The molecule has 2 N–H and O–H groups in total. The second kappa shape index (κ2) is 8.62. The number of amides is 1. The van der Waals surface area contributed by atoms with E-state index in [-0.39, 0.29) is 5.91 Å². The highest BCUT2D eigenvalue weighted by Gasteiger charge is 2.36. The third kappa shape index (κ3) is 4.23. The first kappa shape index (κ1) is 19.4. The first-order valence-corrected chi connectivity index (χ1v) is 11.4. The SMILES string of the molecule is CCCc1nc(C(=O)Nc2ccccc2N2CCC3(CCCNC3)CC2)cs1. The van der Waals surface area contributed by atoms with Gasteiger partial charge in [-0.05, 0) is 62.6 Å². The highest BCUT2D eigenvalue weighted by atomic mass is 32.1. The number of carbonyl (C=O) groups excluding carboxylic acids is 1. The molecule has 0 bridgehead atoms. The molecular weight excluding hydrogens is 368 g/mol. The van der Waals surface area contributed by atoms with Gasteiger partial charge in [-0.1, -0.05) is 19.1 Å². The van der Waals surface area contributed by atoms with E-state index in [1.807, 2.05) is 17.5 Å². The van der Waals surface area contributed by atoms with Crippen LogP contribution < -0.4 is 15.5 Å². The summed E-state index contributed by atoms with van der Waals surface area (Å²) in [6.45, 7) is 6.54. The molecule has 0 atom stereocenters. The van der Waals surface area contributed by atoms with E-state index in [0.717, 1.165) is 55.4 Å². The Balaban J connectivity index is 1.44. The van der Waals surface area contributed by atoms with Crippen molar-refractivity contribution in [3.8, 4) is 0 Å². The predicted molar refractivity (Wildman–Crippen MR) is 116 cm³/mol. The summed E-state index contributed by atoms with van der Waals surface area (Å²) in [5, 5.41) is 9.58. The molecule has 5 nitrogen and oxygen atoms in total. The molecule has 4 rings (SSSR count). The number of aryl methyl sites for hydroxylation is 1. The van der Waals surface area contributed by atoms with Crippen molar-refractivity contribution < 1.29 is 4.79 Å². The van der Waals surface area contributed by atoms with E-state index in [0.29, 0.717) is 11.1 Å². The molecule has 6 heteroatoms. The smallest absolute Gasteiger partial charge is 0.275 e. The fourth-order valence-corrected chi connectivity index (χ4v) is 5.34. The minimum Gasteiger partial charge on any atom is -0.370 e. The van der Waals surface area contributed by atoms with Gasteiger partial charge in [0.1, 0.15) is 5.69 Å². The van der Waals surface area contributed by atoms with Crippen LogP contribution in [0.15, 0.2) is 29.6 Å². The molecule has 150 valence electrons. The molecule has 2 aliphatic rings. The number of hydrogen-bond donors (Lipinski definition) is 2. The highest BCUT2D eigenvalue weighted by molar-refractivity contribution is 7.09. The third-order valence-corrected chi connectivity index (χ3v) is 7.03. The fraction of sp³-hybridized carbons (Fsp3) is 0.545. The molecule has 1 aromatic carbocycles. The first-order chi connectivity index (χ1) is 13.7. The van der Waals surface area contributed by atoms with E-state index in [4.69, 9.17) is 0 Å². The maximum Gasteiger partial charge on any atom is 0.275 e. The van der Waals surface area contributed by atoms with E-state index in [9.17, 15) is 4.79 Å². The Hall–Kier alpha value is -1.92. The molecule has 1 spiro atoms. The fourth-order valence-electron chi connectivity index (χ4n) is 4.46. The van der Waals surface area contributed by atoms with Crippen LogP contribution in [0.25, 0.3) is 0 Å². The summed E-state index contributed by atoms with van der Waals surface area (Å²) < 4.78 is 0. The summed E-state index contributed by atoms with van der Waals surface area (Å²) in [6, 6.07) is 8.16. The van der Waals surface area contributed by atoms with Crippen LogP contribution in [0.1, 0.15) is 54.5 Å². The van der Waals surface area contributed by atoms with Crippen LogP contribution in [0.3, 0.4) is 0 Å².